The Morgan fingerprint density at radius 1 is 0.945 bits per heavy atom. The first-order chi connectivity index (χ1) is 26.4. The maximum absolute atomic E-state index is 13.5. The smallest absolute Gasteiger partial charge is 0.368 e. The normalized spacial score (nSPS) is 21.5. The fourth-order valence-corrected chi connectivity index (χ4v) is 8.48. The summed E-state index contributed by atoms with van der Waals surface area (Å²) in [6.07, 6.45) is 2.92. The van der Waals surface area contributed by atoms with Gasteiger partial charge in [-0.15, -0.1) is 0 Å². The molecule has 2 saturated heterocycles. The molecule has 5 aromatic rings. The zero-order valence-corrected chi connectivity index (χ0v) is 30.4. The molecule has 1 atom stereocenters. The van der Waals surface area contributed by atoms with E-state index in [1.165, 1.54) is 10.6 Å². The van der Waals surface area contributed by atoms with E-state index < -0.39 is 29.7 Å². The van der Waals surface area contributed by atoms with Gasteiger partial charge in [-0.25, -0.2) is 9.78 Å². The van der Waals surface area contributed by atoms with Crippen LogP contribution in [-0.2, 0) is 22.8 Å². The number of carbonyl (C=O) groups is 3. The molecule has 0 bridgehead atoms. The van der Waals surface area contributed by atoms with Gasteiger partial charge in [-0.1, -0.05) is 12.1 Å². The molecule has 55 heavy (non-hydrogen) atoms. The maximum atomic E-state index is 13.5. The van der Waals surface area contributed by atoms with Gasteiger partial charge in [0.05, 0.1) is 28.3 Å². The first-order valence-electron chi connectivity index (χ1n) is 18.8. The summed E-state index contributed by atoms with van der Waals surface area (Å²) in [5.74, 6) is -0.915. The number of imide groups is 1. The summed E-state index contributed by atoms with van der Waals surface area (Å²) in [5, 5.41) is 10.7. The minimum atomic E-state index is -4.64. The van der Waals surface area contributed by atoms with Crippen LogP contribution in [0.4, 0.5) is 24.5 Å². The van der Waals surface area contributed by atoms with Crippen LogP contribution in [0.3, 0.4) is 0 Å². The standard InChI is InChI=1S/C39H42F3N9O4/c1-47-35-30(6-3-7-31(35)51(38(47)55)32-15-16-34(52)45-37(32)54)49-18-4-17-48(19-20-49)22-24-9-12-27(13-10-24)50-23-25-21-26(11-14-28(25)46-50)43-36(53)29-5-2-8-33(44-29)39(40,41)42/h2-3,5-8,11,14,21,23-24,27,32H,4,9-10,12-13,15-20,22H2,1H3,(H,43,53)(H,45,52,54). The van der Waals surface area contributed by atoms with E-state index in [9.17, 15) is 32.3 Å². The van der Waals surface area contributed by atoms with Crippen LogP contribution >= 0.6 is 0 Å². The van der Waals surface area contributed by atoms with E-state index in [1.807, 2.05) is 29.1 Å². The zero-order chi connectivity index (χ0) is 38.4. The Hall–Kier alpha value is -5.51. The topological polar surface area (TPSA) is 139 Å². The van der Waals surface area contributed by atoms with E-state index in [2.05, 4.69) is 25.4 Å². The third-order valence-electron chi connectivity index (χ3n) is 11.3. The number of fused-ring (bicyclic) bond motifs is 2. The quantitative estimate of drug-likeness (QED) is 0.214. The molecule has 3 fully saturated rings. The number of carbonyl (C=O) groups excluding carboxylic acids is 3. The second-order valence-electron chi connectivity index (χ2n) is 14.9. The predicted octanol–water partition coefficient (Wildman–Crippen LogP) is 5.28. The van der Waals surface area contributed by atoms with Gasteiger partial charge in [0.25, 0.3) is 5.91 Å². The largest absolute Gasteiger partial charge is 0.433 e. The van der Waals surface area contributed by atoms with Crippen molar-refractivity contribution in [1.82, 2.24) is 34.1 Å². The van der Waals surface area contributed by atoms with E-state index in [0.29, 0.717) is 23.5 Å². The number of halogens is 3. The number of nitrogens with one attached hydrogen (secondary N) is 2. The van der Waals surface area contributed by atoms with Gasteiger partial charge in [-0.05, 0) is 93.5 Å². The predicted molar refractivity (Wildman–Crippen MR) is 200 cm³/mol. The Morgan fingerprint density at radius 3 is 2.53 bits per heavy atom. The third-order valence-corrected chi connectivity index (χ3v) is 11.3. The van der Waals surface area contributed by atoms with Gasteiger partial charge < -0.3 is 15.1 Å². The number of rotatable bonds is 7. The van der Waals surface area contributed by atoms with Crippen molar-refractivity contribution in [3.8, 4) is 0 Å². The maximum Gasteiger partial charge on any atom is 0.433 e. The summed E-state index contributed by atoms with van der Waals surface area (Å²) >= 11 is 0. The molecule has 2 aliphatic heterocycles. The molecular formula is C39H42F3N9O4. The van der Waals surface area contributed by atoms with Crippen LogP contribution < -0.4 is 21.2 Å². The van der Waals surface area contributed by atoms with E-state index in [1.54, 1.807) is 29.8 Å². The van der Waals surface area contributed by atoms with Crippen LogP contribution in [0.2, 0.25) is 0 Å². The minimum absolute atomic E-state index is 0.198. The molecule has 1 unspecified atom stereocenters. The molecule has 1 saturated carbocycles. The first-order valence-corrected chi connectivity index (χ1v) is 18.8. The van der Waals surface area contributed by atoms with Gasteiger partial charge in [-0.2, -0.15) is 18.3 Å². The molecular weight excluding hydrogens is 715 g/mol. The van der Waals surface area contributed by atoms with Crippen LogP contribution in [-0.4, -0.2) is 79.2 Å². The summed E-state index contributed by atoms with van der Waals surface area (Å²) < 4.78 is 44.4. The fraction of sp³-hybridized carbons (Fsp3) is 0.436. The molecule has 5 heterocycles. The Kier molecular flexibility index (Phi) is 9.69. The van der Waals surface area contributed by atoms with Crippen LogP contribution in [0.25, 0.3) is 21.9 Å². The minimum Gasteiger partial charge on any atom is -0.368 e. The Balaban J connectivity index is 0.870. The van der Waals surface area contributed by atoms with Crippen molar-refractivity contribution in [1.29, 1.82) is 0 Å². The highest BCUT2D eigenvalue weighted by atomic mass is 19.4. The SMILES string of the molecule is Cn1c(=O)n(C2CCC(=O)NC2=O)c2cccc(N3CCCN(CC4CCC(n5cc6cc(NC(=O)c7cccc(C(F)(F)F)n7)ccc6n5)CC4)CC3)c21. The number of hydrogen-bond acceptors (Lipinski definition) is 8. The van der Waals surface area contributed by atoms with E-state index in [-0.39, 0.29) is 29.8 Å². The lowest BCUT2D eigenvalue weighted by atomic mass is 9.85. The molecule has 0 spiro atoms. The molecule has 8 rings (SSSR count). The highest BCUT2D eigenvalue weighted by molar-refractivity contribution is 6.04. The van der Waals surface area contributed by atoms with E-state index >= 15 is 0 Å². The molecule has 1 aliphatic carbocycles. The van der Waals surface area contributed by atoms with Gasteiger partial charge >= 0.3 is 11.9 Å². The van der Waals surface area contributed by atoms with Crippen LogP contribution in [0.5, 0.6) is 0 Å². The molecule has 3 aromatic heterocycles. The van der Waals surface area contributed by atoms with Crippen molar-refractivity contribution in [3.63, 3.8) is 0 Å². The molecule has 13 nitrogen and oxygen atoms in total. The van der Waals surface area contributed by atoms with E-state index in [0.717, 1.165) is 99.1 Å². The zero-order valence-electron chi connectivity index (χ0n) is 30.4. The Labute approximate surface area is 314 Å². The van der Waals surface area contributed by atoms with Crippen molar-refractivity contribution in [2.75, 3.05) is 42.9 Å². The summed E-state index contributed by atoms with van der Waals surface area (Å²) in [4.78, 5) is 59.0. The number of hydrogen-bond donors (Lipinski definition) is 2. The summed E-state index contributed by atoms with van der Waals surface area (Å²) in [6, 6.07) is 13.9. The number of nitrogens with zero attached hydrogens (tertiary/aromatic N) is 7. The van der Waals surface area contributed by atoms with Crippen LogP contribution in [0.1, 0.15) is 73.2 Å². The van der Waals surface area contributed by atoms with Crippen molar-refractivity contribution < 1.29 is 27.6 Å². The number of benzene rings is 2. The number of amides is 3. The van der Waals surface area contributed by atoms with Crippen LogP contribution in [0.15, 0.2) is 65.6 Å². The van der Waals surface area contributed by atoms with E-state index in [4.69, 9.17) is 5.10 Å². The monoisotopic (exact) mass is 757 g/mol. The van der Waals surface area contributed by atoms with Crippen molar-refractivity contribution in [2.24, 2.45) is 13.0 Å². The lowest BCUT2D eigenvalue weighted by molar-refractivity contribution is -0.141. The van der Waals surface area contributed by atoms with Gasteiger partial charge in [0.1, 0.15) is 17.4 Å². The molecule has 0 radical (unpaired) electrons. The molecule has 288 valence electrons. The van der Waals surface area contributed by atoms with Gasteiger partial charge in [-0.3, -0.25) is 33.5 Å². The van der Waals surface area contributed by atoms with Crippen LogP contribution in [0, 0.1) is 5.92 Å². The lowest BCUT2D eigenvalue weighted by Crippen LogP contribution is -2.44. The van der Waals surface area contributed by atoms with Gasteiger partial charge in [0.2, 0.25) is 11.8 Å². The average molecular weight is 758 g/mol. The highest BCUT2D eigenvalue weighted by Gasteiger charge is 2.34. The number of aromatic nitrogens is 5. The summed E-state index contributed by atoms with van der Waals surface area (Å²) in [6.45, 7) is 4.55. The van der Waals surface area contributed by atoms with Gasteiger partial charge in [0.15, 0.2) is 0 Å². The second kappa shape index (κ2) is 14.6. The number of pyridine rings is 1. The lowest BCUT2D eigenvalue weighted by Gasteiger charge is -2.32. The average Bonchev–Trinajstić information content (AvgIpc) is 3.60. The summed E-state index contributed by atoms with van der Waals surface area (Å²) in [5.41, 5.74) is 1.98. The molecule has 2 N–H and O–H groups in total. The van der Waals surface area contributed by atoms with Crippen molar-refractivity contribution in [3.05, 3.63) is 82.7 Å². The Bertz CT molecular complexity index is 2340. The van der Waals surface area contributed by atoms with Crippen molar-refractivity contribution >= 4 is 51.0 Å². The number of anilines is 2. The number of alkyl halides is 3. The molecule has 3 amide bonds. The van der Waals surface area contributed by atoms with Gasteiger partial charge in [0, 0.05) is 56.9 Å². The first kappa shape index (κ1) is 36.5. The third kappa shape index (κ3) is 7.34. The number of aryl methyl sites for hydroxylation is 1. The number of para-hydroxylation sites is 1. The molecule has 3 aliphatic rings. The Morgan fingerprint density at radius 2 is 1.75 bits per heavy atom. The molecule has 2 aromatic carbocycles. The number of piperidine rings is 1. The number of imidazole rings is 1. The van der Waals surface area contributed by atoms with Crippen molar-refractivity contribution in [2.45, 2.75) is 63.2 Å². The molecule has 16 heteroatoms. The summed E-state index contributed by atoms with van der Waals surface area (Å²) in [7, 11) is 1.74. The highest BCUT2D eigenvalue weighted by Crippen LogP contribution is 2.35. The second-order valence-corrected chi connectivity index (χ2v) is 14.9. The fourth-order valence-electron chi connectivity index (χ4n) is 8.48.